The minimum atomic E-state index is -0.329. The molecule has 106 valence electrons. The Bertz CT molecular complexity index is 892. The molecule has 1 N–H and O–H groups in total. The molecule has 3 aromatic rings. The van der Waals surface area contributed by atoms with Crippen LogP contribution in [0.2, 0.25) is 0 Å². The van der Waals surface area contributed by atoms with Crippen LogP contribution in [0.4, 0.5) is 0 Å². The summed E-state index contributed by atoms with van der Waals surface area (Å²) >= 11 is 0. The van der Waals surface area contributed by atoms with E-state index in [0.717, 1.165) is 21.4 Å². The summed E-state index contributed by atoms with van der Waals surface area (Å²) in [5.74, 6) is 0.789. The second-order valence-electron chi connectivity index (χ2n) is 4.74. The number of hydrogen-bond donors (Lipinski definition) is 1. The van der Waals surface area contributed by atoms with Crippen LogP contribution in [0.1, 0.15) is 11.3 Å². The molecule has 0 aliphatic rings. The fourth-order valence-corrected chi connectivity index (χ4v) is 2.29. The summed E-state index contributed by atoms with van der Waals surface area (Å²) in [6.45, 7) is 0. The monoisotopic (exact) mass is 282 g/mol. The molecule has 0 atom stereocenters. The quantitative estimate of drug-likeness (QED) is 0.793. The molecular weight excluding hydrogens is 268 g/mol. The van der Waals surface area contributed by atoms with E-state index < -0.39 is 0 Å². The summed E-state index contributed by atoms with van der Waals surface area (Å²) in [6.07, 6.45) is 0.582. The van der Waals surface area contributed by atoms with E-state index in [1.807, 2.05) is 24.3 Å². The molecule has 21 heavy (non-hydrogen) atoms. The number of nitrogens with one attached hydrogen (secondary N) is 1. The first-order valence-electron chi connectivity index (χ1n) is 6.54. The first-order valence-corrected chi connectivity index (χ1v) is 6.54. The number of pyridine rings is 1. The first kappa shape index (κ1) is 13.2. The summed E-state index contributed by atoms with van der Waals surface area (Å²) in [6, 6.07) is 13.8. The number of H-pyrrole nitrogens is 1. The maximum Gasteiger partial charge on any atom is 0.260 e. The molecule has 5 nitrogen and oxygen atoms in total. The van der Waals surface area contributed by atoms with Crippen molar-refractivity contribution in [2.24, 2.45) is 0 Å². The molecule has 0 radical (unpaired) electrons. The average Bonchev–Trinajstić information content (AvgIpc) is 2.48. The van der Waals surface area contributed by atoms with Crippen molar-refractivity contribution in [1.82, 2.24) is 9.38 Å². The fourth-order valence-electron chi connectivity index (χ4n) is 2.29. The number of fused-ring (bicyclic) bond motifs is 1. The highest BCUT2D eigenvalue weighted by molar-refractivity contribution is 5.39. The van der Waals surface area contributed by atoms with Crippen molar-refractivity contribution in [2.75, 3.05) is 7.11 Å². The minimum Gasteiger partial charge on any atom is -0.497 e. The van der Waals surface area contributed by atoms with Crippen molar-refractivity contribution in [2.45, 2.75) is 6.42 Å². The second kappa shape index (κ2) is 5.28. The van der Waals surface area contributed by atoms with Crippen molar-refractivity contribution in [3.05, 3.63) is 80.5 Å². The van der Waals surface area contributed by atoms with Gasteiger partial charge in [-0.1, -0.05) is 18.2 Å². The Morgan fingerprint density at radius 1 is 1.05 bits per heavy atom. The van der Waals surface area contributed by atoms with Crippen molar-refractivity contribution in [3.8, 4) is 5.75 Å². The predicted octanol–water partition coefficient (Wildman–Crippen LogP) is 1.59. The van der Waals surface area contributed by atoms with Gasteiger partial charge in [0, 0.05) is 24.2 Å². The predicted molar refractivity (Wildman–Crippen MR) is 80.1 cm³/mol. The average molecular weight is 282 g/mol. The third kappa shape index (κ3) is 2.58. The van der Waals surface area contributed by atoms with Gasteiger partial charge in [-0.3, -0.25) is 9.59 Å². The zero-order valence-corrected chi connectivity index (χ0v) is 11.5. The second-order valence-corrected chi connectivity index (χ2v) is 4.74. The summed E-state index contributed by atoms with van der Waals surface area (Å²) in [7, 11) is 1.62. The van der Waals surface area contributed by atoms with Crippen LogP contribution in [-0.2, 0) is 6.42 Å². The molecule has 0 unspecified atom stereocenters. The summed E-state index contributed by atoms with van der Waals surface area (Å²) < 4.78 is 6.24. The highest BCUT2D eigenvalue weighted by Crippen LogP contribution is 2.13. The fraction of sp³-hybridized carbons (Fsp3) is 0.125. The SMILES string of the molecule is COc1ccc(Cc2cc(=O)n3c(=O)cccc3[nH]2)cc1. The van der Waals surface area contributed by atoms with Gasteiger partial charge in [0.05, 0.1) is 7.11 Å². The third-order valence-electron chi connectivity index (χ3n) is 3.31. The summed E-state index contributed by atoms with van der Waals surface area (Å²) in [4.78, 5) is 26.8. The van der Waals surface area contributed by atoms with E-state index in [1.54, 1.807) is 19.2 Å². The molecule has 5 heteroatoms. The number of rotatable bonds is 3. The van der Waals surface area contributed by atoms with E-state index in [9.17, 15) is 9.59 Å². The Morgan fingerprint density at radius 2 is 1.81 bits per heavy atom. The number of methoxy groups -OCH3 is 1. The molecule has 0 amide bonds. The summed E-state index contributed by atoms with van der Waals surface area (Å²) in [5.41, 5.74) is 1.66. The number of nitrogens with zero attached hydrogens (tertiary/aromatic N) is 1. The number of hydrogen-bond acceptors (Lipinski definition) is 3. The van der Waals surface area contributed by atoms with E-state index in [1.165, 1.54) is 12.1 Å². The van der Waals surface area contributed by atoms with Gasteiger partial charge in [-0.05, 0) is 23.8 Å². The zero-order valence-electron chi connectivity index (χ0n) is 11.5. The van der Waals surface area contributed by atoms with E-state index >= 15 is 0 Å². The Hall–Kier alpha value is -2.82. The molecule has 0 spiro atoms. The van der Waals surface area contributed by atoms with Gasteiger partial charge in [-0.25, -0.2) is 4.40 Å². The first-order chi connectivity index (χ1) is 10.2. The van der Waals surface area contributed by atoms with Crippen molar-refractivity contribution in [3.63, 3.8) is 0 Å². The highest BCUT2D eigenvalue weighted by atomic mass is 16.5. The van der Waals surface area contributed by atoms with Crippen molar-refractivity contribution in [1.29, 1.82) is 0 Å². The van der Waals surface area contributed by atoms with Gasteiger partial charge in [0.1, 0.15) is 11.4 Å². The van der Waals surface area contributed by atoms with Gasteiger partial charge in [-0.2, -0.15) is 0 Å². The smallest absolute Gasteiger partial charge is 0.260 e. The van der Waals surface area contributed by atoms with Crippen LogP contribution in [0.25, 0.3) is 5.65 Å². The van der Waals surface area contributed by atoms with Gasteiger partial charge in [0.2, 0.25) is 0 Å². The van der Waals surface area contributed by atoms with Crippen LogP contribution in [0, 0.1) is 0 Å². The third-order valence-corrected chi connectivity index (χ3v) is 3.31. The molecule has 2 aromatic heterocycles. The Labute approximate surface area is 120 Å². The molecular formula is C16H14N2O3. The lowest BCUT2D eigenvalue weighted by Gasteiger charge is -2.06. The lowest BCUT2D eigenvalue weighted by Crippen LogP contribution is -2.26. The largest absolute Gasteiger partial charge is 0.497 e. The van der Waals surface area contributed by atoms with E-state index in [4.69, 9.17) is 4.74 Å². The normalized spacial score (nSPS) is 10.7. The van der Waals surface area contributed by atoms with Crippen LogP contribution in [0.15, 0.2) is 58.1 Å². The molecule has 0 aliphatic heterocycles. The van der Waals surface area contributed by atoms with Gasteiger partial charge < -0.3 is 9.72 Å². The zero-order chi connectivity index (χ0) is 14.8. The molecule has 3 rings (SSSR count). The highest BCUT2D eigenvalue weighted by Gasteiger charge is 2.04. The maximum absolute atomic E-state index is 12.0. The standard InChI is InChI=1S/C16H14N2O3/c1-21-13-7-5-11(6-8-13)9-12-10-16(20)18-14(17-12)3-2-4-15(18)19/h2-8,10,17H,9H2,1H3. The van der Waals surface area contributed by atoms with E-state index in [-0.39, 0.29) is 11.1 Å². The van der Waals surface area contributed by atoms with E-state index in [2.05, 4.69) is 4.98 Å². The maximum atomic E-state index is 12.0. The Morgan fingerprint density at radius 3 is 2.52 bits per heavy atom. The Kier molecular flexibility index (Phi) is 3.31. The van der Waals surface area contributed by atoms with Gasteiger partial charge in [-0.15, -0.1) is 0 Å². The van der Waals surface area contributed by atoms with Crippen molar-refractivity contribution < 1.29 is 4.74 Å². The molecule has 2 heterocycles. The number of ether oxygens (including phenoxy) is 1. The number of benzene rings is 1. The van der Waals surface area contributed by atoms with Gasteiger partial charge >= 0.3 is 0 Å². The molecule has 0 aliphatic carbocycles. The number of aromatic amines is 1. The van der Waals surface area contributed by atoms with Crippen LogP contribution in [0.5, 0.6) is 5.75 Å². The molecule has 0 fully saturated rings. The molecule has 1 aromatic carbocycles. The Balaban J connectivity index is 2.01. The lowest BCUT2D eigenvalue weighted by atomic mass is 10.1. The molecule has 0 bridgehead atoms. The van der Waals surface area contributed by atoms with Gasteiger partial charge in [0.15, 0.2) is 0 Å². The van der Waals surface area contributed by atoms with Crippen molar-refractivity contribution >= 4 is 5.65 Å². The lowest BCUT2D eigenvalue weighted by molar-refractivity contribution is 0.414. The molecule has 0 saturated carbocycles. The van der Waals surface area contributed by atoms with E-state index in [0.29, 0.717) is 12.1 Å². The minimum absolute atomic E-state index is 0.321. The topological polar surface area (TPSA) is 63.6 Å². The van der Waals surface area contributed by atoms with Crippen LogP contribution >= 0.6 is 0 Å². The van der Waals surface area contributed by atoms with Gasteiger partial charge in [0.25, 0.3) is 11.1 Å². The summed E-state index contributed by atoms with van der Waals surface area (Å²) in [5, 5.41) is 0. The van der Waals surface area contributed by atoms with Crippen LogP contribution in [-0.4, -0.2) is 16.5 Å². The van der Waals surface area contributed by atoms with Crippen LogP contribution in [0.3, 0.4) is 0 Å². The number of aromatic nitrogens is 2. The van der Waals surface area contributed by atoms with Crippen LogP contribution < -0.4 is 15.9 Å². The molecule has 0 saturated heterocycles.